The number of hydrogen-bond donors (Lipinski definition) is 3. The van der Waals surface area contributed by atoms with Crippen LogP contribution in [0.15, 0.2) is 42.5 Å². The fraction of sp³-hybridized carbons (Fsp3) is 0.143. The van der Waals surface area contributed by atoms with Crippen LogP contribution in [-0.2, 0) is 16.0 Å². The summed E-state index contributed by atoms with van der Waals surface area (Å²) in [7, 11) is 0. The van der Waals surface area contributed by atoms with Crippen LogP contribution in [0.5, 0.6) is 0 Å². The second-order valence-electron chi connectivity index (χ2n) is 4.16. The zero-order valence-electron chi connectivity index (χ0n) is 10.3. The van der Waals surface area contributed by atoms with Crippen molar-refractivity contribution in [2.24, 2.45) is 5.84 Å². The maximum Gasteiger partial charge on any atom is 0.323 e. The standard InChI is InChI=1S/C14H15N3O2/c15-17-14(19)13(18)16-8-7-10-5-6-11-3-1-2-4-12(11)9-10/h1-6,9H,7-8,15H2,(H,16,18)(H,17,19). The van der Waals surface area contributed by atoms with Crippen LogP contribution in [0.1, 0.15) is 5.56 Å². The average Bonchev–Trinajstić information content (AvgIpc) is 2.46. The van der Waals surface area contributed by atoms with Gasteiger partial charge in [-0.25, -0.2) is 5.84 Å². The Hall–Kier alpha value is -2.40. The number of amides is 2. The van der Waals surface area contributed by atoms with Gasteiger partial charge >= 0.3 is 11.8 Å². The zero-order chi connectivity index (χ0) is 13.7. The van der Waals surface area contributed by atoms with E-state index in [-0.39, 0.29) is 0 Å². The van der Waals surface area contributed by atoms with E-state index in [0.29, 0.717) is 13.0 Å². The van der Waals surface area contributed by atoms with Crippen molar-refractivity contribution in [3.05, 3.63) is 48.0 Å². The Labute approximate surface area is 110 Å². The molecule has 19 heavy (non-hydrogen) atoms. The molecule has 2 aromatic carbocycles. The van der Waals surface area contributed by atoms with Crippen LogP contribution in [0.2, 0.25) is 0 Å². The molecule has 0 aromatic heterocycles. The Morgan fingerprint density at radius 1 is 1.00 bits per heavy atom. The highest BCUT2D eigenvalue weighted by Crippen LogP contribution is 2.15. The van der Waals surface area contributed by atoms with Gasteiger partial charge in [0.05, 0.1) is 0 Å². The van der Waals surface area contributed by atoms with E-state index in [4.69, 9.17) is 5.84 Å². The molecule has 2 amide bonds. The van der Waals surface area contributed by atoms with Crippen molar-refractivity contribution >= 4 is 22.6 Å². The lowest BCUT2D eigenvalue weighted by Gasteiger charge is -2.05. The maximum absolute atomic E-state index is 11.2. The largest absolute Gasteiger partial charge is 0.347 e. The number of nitrogens with two attached hydrogens (primary N) is 1. The number of carbonyl (C=O) groups excluding carboxylic acids is 2. The van der Waals surface area contributed by atoms with Gasteiger partial charge in [0.25, 0.3) is 0 Å². The third kappa shape index (κ3) is 3.29. The number of hydrazine groups is 1. The van der Waals surface area contributed by atoms with Gasteiger partial charge < -0.3 is 5.32 Å². The minimum atomic E-state index is -0.835. The minimum Gasteiger partial charge on any atom is -0.347 e. The molecule has 5 nitrogen and oxygen atoms in total. The van der Waals surface area contributed by atoms with Crippen molar-refractivity contribution in [3.8, 4) is 0 Å². The number of benzene rings is 2. The minimum absolute atomic E-state index is 0.393. The zero-order valence-corrected chi connectivity index (χ0v) is 10.3. The van der Waals surface area contributed by atoms with Crippen LogP contribution in [0.3, 0.4) is 0 Å². The summed E-state index contributed by atoms with van der Waals surface area (Å²) in [6.45, 7) is 0.393. The Kier molecular flexibility index (Phi) is 4.10. The molecule has 4 N–H and O–H groups in total. The van der Waals surface area contributed by atoms with Crippen molar-refractivity contribution in [1.82, 2.24) is 10.7 Å². The molecule has 0 aliphatic carbocycles. The third-order valence-corrected chi connectivity index (χ3v) is 2.85. The van der Waals surface area contributed by atoms with E-state index in [1.165, 1.54) is 5.39 Å². The molecule has 0 aliphatic heterocycles. The summed E-state index contributed by atoms with van der Waals surface area (Å²) in [6, 6.07) is 14.2. The predicted molar refractivity (Wildman–Crippen MR) is 73.0 cm³/mol. The first-order valence-electron chi connectivity index (χ1n) is 5.97. The summed E-state index contributed by atoms with van der Waals surface area (Å²) < 4.78 is 0. The van der Waals surface area contributed by atoms with Gasteiger partial charge in [-0.2, -0.15) is 0 Å². The summed E-state index contributed by atoms with van der Waals surface area (Å²) >= 11 is 0. The molecular weight excluding hydrogens is 242 g/mol. The average molecular weight is 257 g/mol. The van der Waals surface area contributed by atoms with E-state index in [9.17, 15) is 9.59 Å². The second kappa shape index (κ2) is 5.97. The normalized spacial score (nSPS) is 10.2. The highest BCUT2D eigenvalue weighted by molar-refractivity contribution is 6.34. The number of nitrogens with one attached hydrogen (secondary N) is 2. The number of hydrogen-bond acceptors (Lipinski definition) is 3. The van der Waals surface area contributed by atoms with Gasteiger partial charge in [0, 0.05) is 6.54 Å². The van der Waals surface area contributed by atoms with Crippen molar-refractivity contribution in [3.63, 3.8) is 0 Å². The highest BCUT2D eigenvalue weighted by atomic mass is 16.2. The van der Waals surface area contributed by atoms with Crippen LogP contribution in [0, 0.1) is 0 Å². The SMILES string of the molecule is NNC(=O)C(=O)NCCc1ccc2ccccc2c1. The van der Waals surface area contributed by atoms with Crippen LogP contribution in [0.4, 0.5) is 0 Å². The molecule has 2 aromatic rings. The van der Waals surface area contributed by atoms with E-state index >= 15 is 0 Å². The first-order chi connectivity index (χ1) is 9.20. The van der Waals surface area contributed by atoms with E-state index in [1.54, 1.807) is 5.43 Å². The van der Waals surface area contributed by atoms with Crippen LogP contribution in [-0.4, -0.2) is 18.4 Å². The highest BCUT2D eigenvalue weighted by Gasteiger charge is 2.09. The molecule has 0 saturated carbocycles. The van der Waals surface area contributed by atoms with Gasteiger partial charge in [-0.3, -0.25) is 15.0 Å². The Bertz CT molecular complexity index is 610. The van der Waals surface area contributed by atoms with Gasteiger partial charge in [-0.15, -0.1) is 0 Å². The first-order valence-corrected chi connectivity index (χ1v) is 5.97. The molecule has 0 heterocycles. The molecule has 0 saturated heterocycles. The Balaban J connectivity index is 1.95. The summed E-state index contributed by atoms with van der Waals surface area (Å²) in [5.41, 5.74) is 2.89. The molecule has 0 fully saturated rings. The summed E-state index contributed by atoms with van der Waals surface area (Å²) in [6.07, 6.45) is 0.661. The molecule has 0 aliphatic rings. The molecule has 0 unspecified atom stereocenters. The smallest absolute Gasteiger partial charge is 0.323 e. The van der Waals surface area contributed by atoms with Crippen LogP contribution >= 0.6 is 0 Å². The molecule has 2 rings (SSSR count). The van der Waals surface area contributed by atoms with Gasteiger partial charge in [-0.05, 0) is 22.8 Å². The molecular formula is C14H15N3O2. The Morgan fingerprint density at radius 3 is 2.47 bits per heavy atom. The fourth-order valence-electron chi connectivity index (χ4n) is 1.86. The molecule has 98 valence electrons. The van der Waals surface area contributed by atoms with Gasteiger partial charge in [0.1, 0.15) is 0 Å². The topological polar surface area (TPSA) is 84.2 Å². The predicted octanol–water partition coefficient (Wildman–Crippen LogP) is 0.488. The molecule has 0 radical (unpaired) electrons. The summed E-state index contributed by atoms with van der Waals surface area (Å²) in [5, 5.41) is 4.84. The second-order valence-corrected chi connectivity index (χ2v) is 4.16. The van der Waals surface area contributed by atoms with E-state index < -0.39 is 11.8 Å². The van der Waals surface area contributed by atoms with Gasteiger partial charge in [0.2, 0.25) is 0 Å². The number of rotatable bonds is 3. The molecule has 5 heteroatoms. The van der Waals surface area contributed by atoms with Crippen LogP contribution in [0.25, 0.3) is 10.8 Å². The molecule has 0 atom stereocenters. The molecule has 0 bridgehead atoms. The lowest BCUT2D eigenvalue weighted by molar-refractivity contribution is -0.139. The van der Waals surface area contributed by atoms with Crippen molar-refractivity contribution in [1.29, 1.82) is 0 Å². The van der Waals surface area contributed by atoms with Crippen LogP contribution < -0.4 is 16.6 Å². The van der Waals surface area contributed by atoms with Gasteiger partial charge in [-0.1, -0.05) is 42.5 Å². The van der Waals surface area contributed by atoms with Crippen molar-refractivity contribution in [2.45, 2.75) is 6.42 Å². The van der Waals surface area contributed by atoms with Crippen molar-refractivity contribution in [2.75, 3.05) is 6.54 Å². The lowest BCUT2D eigenvalue weighted by Crippen LogP contribution is -2.43. The van der Waals surface area contributed by atoms with Crippen molar-refractivity contribution < 1.29 is 9.59 Å². The maximum atomic E-state index is 11.2. The number of fused-ring (bicyclic) bond motifs is 1. The quantitative estimate of drug-likeness (QED) is 0.324. The van der Waals surface area contributed by atoms with E-state index in [2.05, 4.69) is 11.4 Å². The lowest BCUT2D eigenvalue weighted by atomic mass is 10.1. The monoisotopic (exact) mass is 257 g/mol. The van der Waals surface area contributed by atoms with E-state index in [1.807, 2.05) is 36.4 Å². The Morgan fingerprint density at radius 2 is 1.74 bits per heavy atom. The summed E-state index contributed by atoms with van der Waals surface area (Å²) in [4.78, 5) is 22.1. The van der Waals surface area contributed by atoms with Gasteiger partial charge in [0.15, 0.2) is 0 Å². The first kappa shape index (κ1) is 13.0. The van der Waals surface area contributed by atoms with E-state index in [0.717, 1.165) is 10.9 Å². The third-order valence-electron chi connectivity index (χ3n) is 2.85. The number of carbonyl (C=O) groups is 2. The molecule has 0 spiro atoms. The summed E-state index contributed by atoms with van der Waals surface area (Å²) in [5.74, 6) is 3.30. The fourth-order valence-corrected chi connectivity index (χ4v) is 1.86.